The van der Waals surface area contributed by atoms with Crippen LogP contribution in [0, 0.1) is 0 Å². The normalized spacial score (nSPS) is 19.4. The van der Waals surface area contributed by atoms with Crippen LogP contribution < -0.4 is 5.73 Å². The van der Waals surface area contributed by atoms with Gasteiger partial charge >= 0.3 is 0 Å². The van der Waals surface area contributed by atoms with E-state index in [-0.39, 0.29) is 12.0 Å². The van der Waals surface area contributed by atoms with Gasteiger partial charge in [-0.15, -0.1) is 0 Å². The van der Waals surface area contributed by atoms with Gasteiger partial charge in [-0.1, -0.05) is 50.1 Å². The lowest BCUT2D eigenvalue weighted by atomic mass is 9.81. The zero-order valence-corrected chi connectivity index (χ0v) is 12.6. The van der Waals surface area contributed by atoms with E-state index in [2.05, 4.69) is 36.1 Å². The first-order chi connectivity index (χ1) is 9.69. The van der Waals surface area contributed by atoms with Crippen LogP contribution in [0.25, 0.3) is 0 Å². The summed E-state index contributed by atoms with van der Waals surface area (Å²) in [7, 11) is 0. The van der Waals surface area contributed by atoms with Gasteiger partial charge in [-0.3, -0.25) is 4.90 Å². The molecule has 3 nitrogen and oxygen atoms in total. The molecule has 0 spiro atoms. The van der Waals surface area contributed by atoms with Gasteiger partial charge in [0, 0.05) is 31.1 Å². The lowest BCUT2D eigenvalue weighted by molar-refractivity contribution is 0.125. The van der Waals surface area contributed by atoms with Gasteiger partial charge in [-0.25, -0.2) is 0 Å². The minimum Gasteiger partial charge on any atom is -0.395 e. The minimum absolute atomic E-state index is 0.0426. The smallest absolute Gasteiger partial charge is 0.0558 e. The number of rotatable bonds is 7. The Bertz CT molecular complexity index is 389. The molecular formula is C17H28N2O. The summed E-state index contributed by atoms with van der Waals surface area (Å²) < 4.78 is 0. The molecule has 0 bridgehead atoms. The molecule has 1 aromatic carbocycles. The van der Waals surface area contributed by atoms with E-state index < -0.39 is 0 Å². The quantitative estimate of drug-likeness (QED) is 0.802. The van der Waals surface area contributed by atoms with Gasteiger partial charge in [0.15, 0.2) is 0 Å². The number of aliphatic hydroxyl groups excluding tert-OH is 1. The summed E-state index contributed by atoms with van der Waals surface area (Å²) in [6.45, 7) is 4.78. The predicted octanol–water partition coefficient (Wildman–Crippen LogP) is 2.14. The highest BCUT2D eigenvalue weighted by Crippen LogP contribution is 2.29. The van der Waals surface area contributed by atoms with Gasteiger partial charge in [0.05, 0.1) is 6.61 Å². The van der Waals surface area contributed by atoms with Crippen LogP contribution in [0.5, 0.6) is 0 Å². The summed E-state index contributed by atoms with van der Waals surface area (Å²) >= 11 is 0. The highest BCUT2D eigenvalue weighted by molar-refractivity contribution is 5.25. The van der Waals surface area contributed by atoms with Crippen molar-refractivity contribution in [2.24, 2.45) is 5.73 Å². The number of hydrogen-bond donors (Lipinski definition) is 2. The summed E-state index contributed by atoms with van der Waals surface area (Å²) in [5.41, 5.74) is 7.35. The average Bonchev–Trinajstić information content (AvgIpc) is 3.02. The maximum absolute atomic E-state index is 9.36. The SMILES string of the molecule is CC(CN)(CN(CCO)C1CCCC1)c1ccccc1. The molecule has 3 heteroatoms. The second-order valence-electron chi connectivity index (χ2n) is 6.26. The Morgan fingerprint density at radius 1 is 1.25 bits per heavy atom. The van der Waals surface area contributed by atoms with Crippen molar-refractivity contribution < 1.29 is 5.11 Å². The summed E-state index contributed by atoms with van der Waals surface area (Å²) in [6.07, 6.45) is 5.15. The van der Waals surface area contributed by atoms with Crippen LogP contribution in [0.2, 0.25) is 0 Å². The second kappa shape index (κ2) is 7.21. The standard InChI is InChI=1S/C17H28N2O/c1-17(13-18,15-7-3-2-4-8-15)14-19(11-12-20)16-9-5-6-10-16/h2-4,7-8,16,20H,5-6,9-14,18H2,1H3. The zero-order chi connectivity index (χ0) is 14.4. The fourth-order valence-electron chi connectivity index (χ4n) is 3.35. The summed E-state index contributed by atoms with van der Waals surface area (Å²) in [5.74, 6) is 0. The van der Waals surface area contributed by atoms with E-state index in [0.29, 0.717) is 12.6 Å². The Hall–Kier alpha value is -0.900. The van der Waals surface area contributed by atoms with Crippen molar-refractivity contribution in [2.75, 3.05) is 26.2 Å². The Balaban J connectivity index is 2.13. The van der Waals surface area contributed by atoms with E-state index in [1.807, 2.05) is 6.07 Å². The first kappa shape index (κ1) is 15.5. The molecule has 0 aromatic heterocycles. The molecule has 0 aliphatic heterocycles. The van der Waals surface area contributed by atoms with Crippen LogP contribution in [0.1, 0.15) is 38.2 Å². The van der Waals surface area contributed by atoms with Crippen molar-refractivity contribution in [2.45, 2.75) is 44.1 Å². The molecule has 1 fully saturated rings. The topological polar surface area (TPSA) is 49.5 Å². The van der Waals surface area contributed by atoms with E-state index in [0.717, 1.165) is 13.1 Å². The average molecular weight is 276 g/mol. The third kappa shape index (κ3) is 3.60. The number of aliphatic hydroxyl groups is 1. The lowest BCUT2D eigenvalue weighted by Gasteiger charge is -2.38. The molecule has 0 heterocycles. The summed E-state index contributed by atoms with van der Waals surface area (Å²) in [6, 6.07) is 11.2. The molecule has 112 valence electrons. The Morgan fingerprint density at radius 2 is 1.90 bits per heavy atom. The van der Waals surface area contributed by atoms with Gasteiger partial charge in [0.25, 0.3) is 0 Å². The third-order valence-corrected chi connectivity index (χ3v) is 4.70. The molecule has 3 N–H and O–H groups in total. The Labute approximate surface area is 122 Å². The molecule has 0 amide bonds. The summed E-state index contributed by atoms with van der Waals surface area (Å²) in [5, 5.41) is 9.36. The van der Waals surface area contributed by atoms with Crippen LogP contribution in [0.15, 0.2) is 30.3 Å². The van der Waals surface area contributed by atoms with Crippen molar-refractivity contribution in [1.29, 1.82) is 0 Å². The number of benzene rings is 1. The van der Waals surface area contributed by atoms with Crippen molar-refractivity contribution in [3.63, 3.8) is 0 Å². The number of nitrogens with two attached hydrogens (primary N) is 1. The fraction of sp³-hybridized carbons (Fsp3) is 0.647. The third-order valence-electron chi connectivity index (χ3n) is 4.70. The maximum Gasteiger partial charge on any atom is 0.0558 e. The molecule has 20 heavy (non-hydrogen) atoms. The van der Waals surface area contributed by atoms with E-state index >= 15 is 0 Å². The van der Waals surface area contributed by atoms with Crippen molar-refractivity contribution in [1.82, 2.24) is 4.90 Å². The summed E-state index contributed by atoms with van der Waals surface area (Å²) in [4.78, 5) is 2.45. The van der Waals surface area contributed by atoms with E-state index in [9.17, 15) is 5.11 Å². The Morgan fingerprint density at radius 3 is 2.45 bits per heavy atom. The van der Waals surface area contributed by atoms with Gasteiger partial charge in [-0.05, 0) is 18.4 Å². The van der Waals surface area contributed by atoms with Gasteiger partial charge in [0.2, 0.25) is 0 Å². The molecule has 1 atom stereocenters. The first-order valence-corrected chi connectivity index (χ1v) is 7.80. The molecule has 1 unspecified atom stereocenters. The highest BCUT2D eigenvalue weighted by atomic mass is 16.3. The zero-order valence-electron chi connectivity index (χ0n) is 12.6. The van der Waals surface area contributed by atoms with Crippen molar-refractivity contribution in [3.05, 3.63) is 35.9 Å². The maximum atomic E-state index is 9.36. The second-order valence-corrected chi connectivity index (χ2v) is 6.26. The predicted molar refractivity (Wildman–Crippen MR) is 83.8 cm³/mol. The molecule has 1 saturated carbocycles. The largest absolute Gasteiger partial charge is 0.395 e. The van der Waals surface area contributed by atoms with Crippen LogP contribution >= 0.6 is 0 Å². The van der Waals surface area contributed by atoms with E-state index in [1.165, 1.54) is 31.2 Å². The Kier molecular flexibility index (Phi) is 5.58. The number of hydrogen-bond acceptors (Lipinski definition) is 3. The fourth-order valence-corrected chi connectivity index (χ4v) is 3.35. The monoisotopic (exact) mass is 276 g/mol. The molecule has 1 aromatic rings. The van der Waals surface area contributed by atoms with E-state index in [4.69, 9.17) is 5.73 Å². The van der Waals surface area contributed by atoms with Gasteiger partial charge in [-0.2, -0.15) is 0 Å². The lowest BCUT2D eigenvalue weighted by Crippen LogP contribution is -2.48. The number of nitrogens with zero attached hydrogens (tertiary/aromatic N) is 1. The molecule has 0 saturated heterocycles. The van der Waals surface area contributed by atoms with Crippen molar-refractivity contribution >= 4 is 0 Å². The van der Waals surface area contributed by atoms with Crippen LogP contribution in [-0.2, 0) is 5.41 Å². The molecule has 1 aliphatic carbocycles. The van der Waals surface area contributed by atoms with Crippen LogP contribution in [0.3, 0.4) is 0 Å². The van der Waals surface area contributed by atoms with Gasteiger partial charge < -0.3 is 10.8 Å². The van der Waals surface area contributed by atoms with Crippen LogP contribution in [-0.4, -0.2) is 42.3 Å². The molecule has 0 radical (unpaired) electrons. The highest BCUT2D eigenvalue weighted by Gasteiger charge is 2.31. The molecular weight excluding hydrogens is 248 g/mol. The van der Waals surface area contributed by atoms with Crippen LogP contribution in [0.4, 0.5) is 0 Å². The van der Waals surface area contributed by atoms with E-state index in [1.54, 1.807) is 0 Å². The van der Waals surface area contributed by atoms with Gasteiger partial charge in [0.1, 0.15) is 0 Å². The molecule has 2 rings (SSSR count). The van der Waals surface area contributed by atoms with Crippen molar-refractivity contribution in [3.8, 4) is 0 Å². The minimum atomic E-state index is -0.0426. The molecule has 1 aliphatic rings. The first-order valence-electron chi connectivity index (χ1n) is 7.80.